The Labute approximate surface area is 141 Å². The van der Waals surface area contributed by atoms with Crippen LogP contribution in [0.15, 0.2) is 28.7 Å². The number of benzene rings is 1. The van der Waals surface area contributed by atoms with Crippen molar-refractivity contribution in [3.63, 3.8) is 0 Å². The number of rotatable bonds is 4. The molecule has 2 heterocycles. The van der Waals surface area contributed by atoms with Gasteiger partial charge in [-0.25, -0.2) is 4.39 Å². The van der Waals surface area contributed by atoms with E-state index < -0.39 is 0 Å². The maximum absolute atomic E-state index is 13.3. The van der Waals surface area contributed by atoms with Crippen molar-refractivity contribution < 1.29 is 4.39 Å². The van der Waals surface area contributed by atoms with Crippen molar-refractivity contribution in [3.05, 3.63) is 55.4 Å². The van der Waals surface area contributed by atoms with Gasteiger partial charge in [0.1, 0.15) is 5.82 Å². The SMILES string of the molecule is CNC(Cc1ccc(F)c(Br)c1)c1cc2c(s1)CCSC2. The van der Waals surface area contributed by atoms with Gasteiger partial charge in [-0.05, 0) is 70.9 Å². The van der Waals surface area contributed by atoms with Crippen molar-refractivity contribution in [2.45, 2.75) is 24.6 Å². The molecule has 0 saturated carbocycles. The standard InChI is InChI=1S/C16H17BrFNS2/c1-19-14(7-10-2-3-13(18)12(17)6-10)16-8-11-9-20-5-4-15(11)21-16/h2-3,6,8,14,19H,4-5,7,9H2,1H3. The van der Waals surface area contributed by atoms with Crippen molar-refractivity contribution in [2.75, 3.05) is 12.8 Å². The van der Waals surface area contributed by atoms with Crippen LogP contribution < -0.4 is 5.32 Å². The number of hydrogen-bond donors (Lipinski definition) is 1. The Morgan fingerprint density at radius 2 is 2.24 bits per heavy atom. The van der Waals surface area contributed by atoms with E-state index in [0.29, 0.717) is 10.5 Å². The van der Waals surface area contributed by atoms with Gasteiger partial charge in [0.25, 0.3) is 0 Å². The van der Waals surface area contributed by atoms with E-state index in [9.17, 15) is 4.39 Å². The quantitative estimate of drug-likeness (QED) is 0.799. The fourth-order valence-electron chi connectivity index (χ4n) is 2.59. The number of hydrogen-bond acceptors (Lipinski definition) is 3. The van der Waals surface area contributed by atoms with E-state index in [2.05, 4.69) is 27.3 Å². The van der Waals surface area contributed by atoms with Crippen LogP contribution in [-0.4, -0.2) is 12.8 Å². The van der Waals surface area contributed by atoms with Crippen LogP contribution in [-0.2, 0) is 18.6 Å². The molecule has 0 fully saturated rings. The molecule has 0 bridgehead atoms. The van der Waals surface area contributed by atoms with Gasteiger partial charge in [0.05, 0.1) is 4.47 Å². The first-order valence-electron chi connectivity index (χ1n) is 6.98. The van der Waals surface area contributed by atoms with Crippen LogP contribution in [0, 0.1) is 5.82 Å². The average Bonchev–Trinajstić information content (AvgIpc) is 2.92. The average molecular weight is 386 g/mol. The number of thiophene rings is 1. The summed E-state index contributed by atoms with van der Waals surface area (Å²) in [6.45, 7) is 0. The summed E-state index contributed by atoms with van der Waals surface area (Å²) in [5.41, 5.74) is 2.65. The fourth-order valence-corrected chi connectivity index (χ4v) is 5.50. The molecule has 0 spiro atoms. The first kappa shape index (κ1) is 15.5. The summed E-state index contributed by atoms with van der Waals surface area (Å²) < 4.78 is 13.9. The summed E-state index contributed by atoms with van der Waals surface area (Å²) in [6, 6.07) is 7.92. The Morgan fingerprint density at radius 3 is 2.95 bits per heavy atom. The molecule has 2 aromatic rings. The van der Waals surface area contributed by atoms with Crippen molar-refractivity contribution >= 4 is 39.0 Å². The van der Waals surface area contributed by atoms with E-state index in [4.69, 9.17) is 0 Å². The zero-order valence-electron chi connectivity index (χ0n) is 11.8. The van der Waals surface area contributed by atoms with Gasteiger partial charge in [0, 0.05) is 21.5 Å². The molecule has 1 atom stereocenters. The van der Waals surface area contributed by atoms with Gasteiger partial charge in [0.15, 0.2) is 0 Å². The van der Waals surface area contributed by atoms with Crippen LogP contribution in [0.4, 0.5) is 4.39 Å². The van der Waals surface area contributed by atoms with Crippen LogP contribution >= 0.6 is 39.0 Å². The smallest absolute Gasteiger partial charge is 0.137 e. The predicted octanol–water partition coefficient (Wildman–Crippen LogP) is 4.94. The molecule has 1 N–H and O–H groups in total. The summed E-state index contributed by atoms with van der Waals surface area (Å²) in [7, 11) is 2.00. The summed E-state index contributed by atoms with van der Waals surface area (Å²) in [5, 5.41) is 3.40. The van der Waals surface area contributed by atoms with Gasteiger partial charge in [-0.3, -0.25) is 0 Å². The Bertz CT molecular complexity index is 618. The lowest BCUT2D eigenvalue weighted by atomic mass is 10.0. The summed E-state index contributed by atoms with van der Waals surface area (Å²) >= 11 is 7.21. The number of halogens is 2. The molecule has 1 nitrogen and oxygen atoms in total. The lowest BCUT2D eigenvalue weighted by molar-refractivity contribution is 0.596. The Hall–Kier alpha value is -0.360. The molecule has 1 aliphatic heterocycles. The third-order valence-corrected chi connectivity index (χ3v) is 6.73. The van der Waals surface area contributed by atoms with Gasteiger partial charge in [-0.1, -0.05) is 6.07 Å². The molecule has 1 aliphatic rings. The molecular weight excluding hydrogens is 369 g/mol. The number of fused-ring (bicyclic) bond motifs is 1. The highest BCUT2D eigenvalue weighted by atomic mass is 79.9. The number of likely N-dealkylation sites (N-methyl/N-ethyl adjacent to an activating group) is 1. The highest BCUT2D eigenvalue weighted by molar-refractivity contribution is 9.10. The first-order chi connectivity index (χ1) is 10.2. The predicted molar refractivity (Wildman–Crippen MR) is 93.8 cm³/mol. The highest BCUT2D eigenvalue weighted by Gasteiger charge is 2.19. The first-order valence-corrected chi connectivity index (χ1v) is 9.74. The van der Waals surface area contributed by atoms with Crippen LogP contribution in [0.2, 0.25) is 0 Å². The molecule has 21 heavy (non-hydrogen) atoms. The molecule has 1 aromatic carbocycles. The van der Waals surface area contributed by atoms with Crippen molar-refractivity contribution in [1.82, 2.24) is 5.32 Å². The molecule has 0 saturated heterocycles. The normalized spacial score (nSPS) is 15.8. The molecule has 1 unspecified atom stereocenters. The topological polar surface area (TPSA) is 12.0 Å². The number of thioether (sulfide) groups is 1. The van der Waals surface area contributed by atoms with Crippen molar-refractivity contribution in [1.29, 1.82) is 0 Å². The Balaban J connectivity index is 1.81. The monoisotopic (exact) mass is 385 g/mol. The number of nitrogens with one attached hydrogen (secondary N) is 1. The fraction of sp³-hybridized carbons (Fsp3) is 0.375. The minimum absolute atomic E-state index is 0.205. The van der Waals surface area contributed by atoms with Crippen LogP contribution in [0.25, 0.3) is 0 Å². The Morgan fingerprint density at radius 1 is 1.38 bits per heavy atom. The molecule has 1 aromatic heterocycles. The number of aryl methyl sites for hydroxylation is 1. The molecular formula is C16H17BrFNS2. The van der Waals surface area contributed by atoms with Crippen molar-refractivity contribution in [2.24, 2.45) is 0 Å². The molecule has 0 aliphatic carbocycles. The minimum atomic E-state index is -0.205. The van der Waals surface area contributed by atoms with E-state index in [1.807, 2.05) is 42.3 Å². The second-order valence-corrected chi connectivity index (χ2v) is 8.32. The maximum Gasteiger partial charge on any atom is 0.137 e. The zero-order valence-corrected chi connectivity index (χ0v) is 15.0. The van der Waals surface area contributed by atoms with E-state index in [1.54, 1.807) is 4.88 Å². The lowest BCUT2D eigenvalue weighted by Gasteiger charge is -2.15. The van der Waals surface area contributed by atoms with Crippen LogP contribution in [0.5, 0.6) is 0 Å². The zero-order chi connectivity index (χ0) is 14.8. The molecule has 5 heteroatoms. The molecule has 112 valence electrons. The van der Waals surface area contributed by atoms with Crippen molar-refractivity contribution in [3.8, 4) is 0 Å². The summed E-state index contributed by atoms with van der Waals surface area (Å²) in [5.74, 6) is 2.18. The Kier molecular flexibility index (Phi) is 5.04. The van der Waals surface area contributed by atoms with E-state index >= 15 is 0 Å². The largest absolute Gasteiger partial charge is 0.312 e. The third kappa shape index (κ3) is 3.52. The van der Waals surface area contributed by atoms with Crippen LogP contribution in [0.1, 0.15) is 26.9 Å². The van der Waals surface area contributed by atoms with Crippen LogP contribution in [0.3, 0.4) is 0 Å². The highest BCUT2D eigenvalue weighted by Crippen LogP contribution is 2.35. The third-order valence-electron chi connectivity index (χ3n) is 3.76. The van der Waals surface area contributed by atoms with Gasteiger partial charge >= 0.3 is 0 Å². The lowest BCUT2D eigenvalue weighted by Crippen LogP contribution is -2.17. The van der Waals surface area contributed by atoms with Gasteiger partial charge in [0.2, 0.25) is 0 Å². The van der Waals surface area contributed by atoms with Gasteiger partial charge in [-0.15, -0.1) is 11.3 Å². The van der Waals surface area contributed by atoms with E-state index in [0.717, 1.165) is 17.7 Å². The summed E-state index contributed by atoms with van der Waals surface area (Å²) in [4.78, 5) is 2.94. The van der Waals surface area contributed by atoms with Gasteiger partial charge < -0.3 is 5.32 Å². The second-order valence-electron chi connectivity index (χ2n) is 5.19. The minimum Gasteiger partial charge on any atom is -0.312 e. The summed E-state index contributed by atoms with van der Waals surface area (Å²) in [6.07, 6.45) is 2.07. The molecule has 3 rings (SSSR count). The van der Waals surface area contributed by atoms with E-state index in [-0.39, 0.29) is 5.82 Å². The molecule has 0 amide bonds. The molecule has 0 radical (unpaired) electrons. The van der Waals surface area contributed by atoms with E-state index in [1.165, 1.54) is 28.7 Å². The van der Waals surface area contributed by atoms with Gasteiger partial charge in [-0.2, -0.15) is 11.8 Å². The maximum atomic E-state index is 13.3. The second kappa shape index (κ2) is 6.82.